The topological polar surface area (TPSA) is 55.4 Å². The molecule has 0 bridgehead atoms. The first-order valence-electron chi connectivity index (χ1n) is 6.09. The second-order valence-corrected chi connectivity index (χ2v) is 6.23. The highest BCUT2D eigenvalue weighted by Crippen LogP contribution is 2.17. The molecule has 0 aromatic heterocycles. The SMILES string of the molecule is COc1ccc(NS(=O)(=O)C=Cc2ccc(Cl)cc2)cc1. The molecule has 0 aliphatic rings. The van der Waals surface area contributed by atoms with Crippen molar-refractivity contribution in [2.45, 2.75) is 0 Å². The predicted octanol–water partition coefficient (Wildman–Crippen LogP) is 3.76. The lowest BCUT2D eigenvalue weighted by molar-refractivity contribution is 0.415. The zero-order valence-electron chi connectivity index (χ0n) is 11.3. The van der Waals surface area contributed by atoms with Crippen LogP contribution in [0.4, 0.5) is 5.69 Å². The summed E-state index contributed by atoms with van der Waals surface area (Å²) in [6.07, 6.45) is 1.50. The maximum Gasteiger partial charge on any atom is 0.255 e. The first-order chi connectivity index (χ1) is 9.98. The third-order valence-electron chi connectivity index (χ3n) is 2.66. The van der Waals surface area contributed by atoms with Crippen LogP contribution in [0.2, 0.25) is 5.02 Å². The molecule has 1 N–H and O–H groups in total. The van der Waals surface area contributed by atoms with Crippen molar-refractivity contribution in [1.29, 1.82) is 0 Å². The number of ether oxygens (including phenoxy) is 1. The lowest BCUT2D eigenvalue weighted by Crippen LogP contribution is -2.08. The molecule has 0 aliphatic heterocycles. The number of rotatable bonds is 5. The Kier molecular flexibility index (Phi) is 4.88. The number of sulfonamides is 1. The van der Waals surface area contributed by atoms with Crippen LogP contribution in [-0.2, 0) is 10.0 Å². The van der Waals surface area contributed by atoms with E-state index in [-0.39, 0.29) is 0 Å². The molecule has 0 aliphatic carbocycles. The summed E-state index contributed by atoms with van der Waals surface area (Å²) in [6, 6.07) is 13.5. The van der Waals surface area contributed by atoms with Crippen LogP contribution in [0.25, 0.3) is 6.08 Å². The van der Waals surface area contributed by atoms with Crippen LogP contribution < -0.4 is 9.46 Å². The molecule has 2 aromatic rings. The molecule has 4 nitrogen and oxygen atoms in total. The Morgan fingerprint density at radius 3 is 2.24 bits per heavy atom. The Hall–Kier alpha value is -1.98. The third kappa shape index (κ3) is 4.81. The van der Waals surface area contributed by atoms with Crippen LogP contribution in [0, 0.1) is 0 Å². The Bertz CT molecular complexity index is 723. The van der Waals surface area contributed by atoms with Crippen molar-refractivity contribution in [3.05, 3.63) is 64.5 Å². The molecule has 0 heterocycles. The quantitative estimate of drug-likeness (QED) is 0.911. The molecule has 0 saturated heterocycles. The summed E-state index contributed by atoms with van der Waals surface area (Å²) in [6.45, 7) is 0. The van der Waals surface area contributed by atoms with E-state index in [9.17, 15) is 8.42 Å². The number of nitrogens with one attached hydrogen (secondary N) is 1. The van der Waals surface area contributed by atoms with E-state index in [1.807, 2.05) is 0 Å². The van der Waals surface area contributed by atoms with E-state index in [0.717, 1.165) is 11.0 Å². The molecule has 0 atom stereocenters. The molecule has 21 heavy (non-hydrogen) atoms. The largest absolute Gasteiger partial charge is 0.497 e. The number of halogens is 1. The zero-order valence-corrected chi connectivity index (χ0v) is 12.9. The van der Waals surface area contributed by atoms with Crippen molar-refractivity contribution in [3.8, 4) is 5.75 Å². The number of benzene rings is 2. The van der Waals surface area contributed by atoms with Gasteiger partial charge in [0.2, 0.25) is 0 Å². The van der Waals surface area contributed by atoms with Gasteiger partial charge in [-0.25, -0.2) is 8.42 Å². The summed E-state index contributed by atoms with van der Waals surface area (Å²) in [5.41, 5.74) is 1.22. The zero-order chi connectivity index (χ0) is 15.3. The van der Waals surface area contributed by atoms with Gasteiger partial charge in [-0.3, -0.25) is 4.72 Å². The second kappa shape index (κ2) is 6.65. The van der Waals surface area contributed by atoms with Gasteiger partial charge in [0.05, 0.1) is 12.5 Å². The fraction of sp³-hybridized carbons (Fsp3) is 0.0667. The molecular formula is C15H14ClNO3S. The summed E-state index contributed by atoms with van der Waals surface area (Å²) in [4.78, 5) is 0. The summed E-state index contributed by atoms with van der Waals surface area (Å²) in [7, 11) is -2.02. The minimum atomic E-state index is -3.57. The van der Waals surface area contributed by atoms with E-state index in [1.54, 1.807) is 55.6 Å². The number of anilines is 1. The van der Waals surface area contributed by atoms with E-state index in [2.05, 4.69) is 4.72 Å². The minimum absolute atomic E-state index is 0.469. The van der Waals surface area contributed by atoms with Crippen molar-refractivity contribution >= 4 is 33.4 Å². The molecular weight excluding hydrogens is 310 g/mol. The van der Waals surface area contributed by atoms with Crippen LogP contribution in [-0.4, -0.2) is 15.5 Å². The molecule has 0 radical (unpaired) electrons. The Balaban J connectivity index is 2.08. The Labute approximate surface area is 129 Å². The van der Waals surface area contributed by atoms with Crippen LogP contribution in [0.5, 0.6) is 5.75 Å². The van der Waals surface area contributed by atoms with Gasteiger partial charge in [0, 0.05) is 10.7 Å². The molecule has 2 aromatic carbocycles. The maximum absolute atomic E-state index is 11.9. The van der Waals surface area contributed by atoms with Gasteiger partial charge in [-0.2, -0.15) is 0 Å². The molecule has 0 saturated carbocycles. The molecule has 6 heteroatoms. The van der Waals surface area contributed by atoms with E-state index in [0.29, 0.717) is 16.5 Å². The lowest BCUT2D eigenvalue weighted by Gasteiger charge is -2.05. The standard InChI is InChI=1S/C15H14ClNO3S/c1-20-15-8-6-14(7-9-15)17-21(18,19)11-10-12-2-4-13(16)5-3-12/h2-11,17H,1H3. The normalized spacial score (nSPS) is 11.5. The first kappa shape index (κ1) is 15.4. The predicted molar refractivity (Wildman–Crippen MR) is 86.0 cm³/mol. The molecule has 0 spiro atoms. The first-order valence-corrected chi connectivity index (χ1v) is 8.01. The number of hydrogen-bond acceptors (Lipinski definition) is 3. The van der Waals surface area contributed by atoms with Gasteiger partial charge in [0.1, 0.15) is 5.75 Å². The van der Waals surface area contributed by atoms with Crippen molar-refractivity contribution in [3.63, 3.8) is 0 Å². The smallest absolute Gasteiger partial charge is 0.255 e. The average Bonchev–Trinajstić information content (AvgIpc) is 2.47. The van der Waals surface area contributed by atoms with Crippen molar-refractivity contribution < 1.29 is 13.2 Å². The summed E-state index contributed by atoms with van der Waals surface area (Å²) in [5, 5.41) is 1.71. The molecule has 0 unspecified atom stereocenters. The summed E-state index contributed by atoms with van der Waals surface area (Å²) in [5.74, 6) is 0.662. The van der Waals surface area contributed by atoms with Crippen LogP contribution >= 0.6 is 11.6 Å². The summed E-state index contributed by atoms with van der Waals surface area (Å²) >= 11 is 5.77. The van der Waals surface area contributed by atoms with Gasteiger partial charge in [-0.05, 0) is 48.0 Å². The van der Waals surface area contributed by atoms with Crippen LogP contribution in [0.15, 0.2) is 53.9 Å². The number of hydrogen-bond donors (Lipinski definition) is 1. The van der Waals surface area contributed by atoms with E-state index >= 15 is 0 Å². The maximum atomic E-state index is 11.9. The van der Waals surface area contributed by atoms with Gasteiger partial charge in [0.25, 0.3) is 10.0 Å². The van der Waals surface area contributed by atoms with Gasteiger partial charge in [-0.1, -0.05) is 23.7 Å². The van der Waals surface area contributed by atoms with E-state index in [4.69, 9.17) is 16.3 Å². The molecule has 0 fully saturated rings. The second-order valence-electron chi connectivity index (χ2n) is 4.23. The van der Waals surface area contributed by atoms with Gasteiger partial charge in [-0.15, -0.1) is 0 Å². The lowest BCUT2D eigenvalue weighted by atomic mass is 10.2. The van der Waals surface area contributed by atoms with Crippen LogP contribution in [0.3, 0.4) is 0 Å². The minimum Gasteiger partial charge on any atom is -0.497 e. The Morgan fingerprint density at radius 2 is 1.67 bits per heavy atom. The highest BCUT2D eigenvalue weighted by Gasteiger charge is 2.05. The molecule has 0 amide bonds. The fourth-order valence-corrected chi connectivity index (χ4v) is 2.59. The van der Waals surface area contributed by atoms with Crippen molar-refractivity contribution in [2.24, 2.45) is 0 Å². The highest BCUT2D eigenvalue weighted by molar-refractivity contribution is 7.95. The van der Waals surface area contributed by atoms with Gasteiger partial charge in [0.15, 0.2) is 0 Å². The van der Waals surface area contributed by atoms with E-state index in [1.165, 1.54) is 6.08 Å². The average molecular weight is 324 g/mol. The third-order valence-corrected chi connectivity index (χ3v) is 3.93. The highest BCUT2D eigenvalue weighted by atomic mass is 35.5. The molecule has 2 rings (SSSR count). The monoisotopic (exact) mass is 323 g/mol. The van der Waals surface area contributed by atoms with Crippen molar-refractivity contribution in [2.75, 3.05) is 11.8 Å². The number of methoxy groups -OCH3 is 1. The van der Waals surface area contributed by atoms with Crippen molar-refractivity contribution in [1.82, 2.24) is 0 Å². The van der Waals surface area contributed by atoms with Gasteiger partial charge >= 0.3 is 0 Å². The summed E-state index contributed by atoms with van der Waals surface area (Å²) < 4.78 is 31.3. The molecule has 110 valence electrons. The van der Waals surface area contributed by atoms with E-state index < -0.39 is 10.0 Å². The van der Waals surface area contributed by atoms with Gasteiger partial charge < -0.3 is 4.74 Å². The van der Waals surface area contributed by atoms with Crippen LogP contribution in [0.1, 0.15) is 5.56 Å². The Morgan fingerprint density at radius 1 is 1.05 bits per heavy atom. The fourth-order valence-electron chi connectivity index (χ4n) is 1.60.